The summed E-state index contributed by atoms with van der Waals surface area (Å²) in [5.74, 6) is -0.830. The molecule has 2 amide bonds. The van der Waals surface area contributed by atoms with Crippen LogP contribution < -0.4 is 15.8 Å². The van der Waals surface area contributed by atoms with Gasteiger partial charge in [-0.25, -0.2) is 4.98 Å². The summed E-state index contributed by atoms with van der Waals surface area (Å²) in [4.78, 5) is 31.0. The van der Waals surface area contributed by atoms with Gasteiger partial charge in [0.25, 0.3) is 5.91 Å². The highest BCUT2D eigenvalue weighted by Gasteiger charge is 2.18. The molecule has 0 aliphatic carbocycles. The number of tetrazole rings is 1. The highest BCUT2D eigenvalue weighted by Crippen LogP contribution is 2.22. The van der Waals surface area contributed by atoms with E-state index in [4.69, 9.17) is 4.74 Å². The molecule has 0 saturated carbocycles. The normalized spacial score (nSPS) is 13.8. The molecular formula is C19H22N8O3S2. The summed E-state index contributed by atoms with van der Waals surface area (Å²) in [6.07, 6.45) is 0. The van der Waals surface area contributed by atoms with Crippen LogP contribution in [0.1, 0.15) is 21.6 Å². The highest BCUT2D eigenvalue weighted by atomic mass is 32.2. The van der Waals surface area contributed by atoms with Crippen molar-refractivity contribution in [2.24, 2.45) is 0 Å². The summed E-state index contributed by atoms with van der Waals surface area (Å²) >= 11 is 2.56. The van der Waals surface area contributed by atoms with Crippen LogP contribution in [0.4, 0.5) is 5.13 Å². The molecule has 13 heteroatoms. The van der Waals surface area contributed by atoms with Crippen LogP contribution in [-0.4, -0.2) is 69.1 Å². The molecule has 3 heterocycles. The fourth-order valence-corrected chi connectivity index (χ4v) is 4.54. The van der Waals surface area contributed by atoms with Crippen molar-refractivity contribution >= 4 is 40.0 Å². The Bertz CT molecular complexity index is 1110. The van der Waals surface area contributed by atoms with E-state index in [1.807, 2.05) is 32.0 Å². The van der Waals surface area contributed by atoms with E-state index in [1.54, 1.807) is 10.1 Å². The van der Waals surface area contributed by atoms with Crippen molar-refractivity contribution < 1.29 is 14.3 Å². The van der Waals surface area contributed by atoms with Gasteiger partial charge in [0.1, 0.15) is 5.69 Å². The number of amides is 2. The monoisotopic (exact) mass is 474 g/mol. The first-order valence-electron chi connectivity index (χ1n) is 9.87. The quantitative estimate of drug-likeness (QED) is 0.399. The molecule has 0 unspecified atom stereocenters. The Hall–Kier alpha value is -3.03. The third kappa shape index (κ3) is 5.23. The molecule has 4 rings (SSSR count). The van der Waals surface area contributed by atoms with Crippen LogP contribution in [0.2, 0.25) is 0 Å². The summed E-state index contributed by atoms with van der Waals surface area (Å²) in [6.45, 7) is 6.72. The van der Waals surface area contributed by atoms with E-state index in [0.29, 0.717) is 18.4 Å². The fraction of sp³-hybridized carbons (Fsp3) is 0.368. The van der Waals surface area contributed by atoms with Crippen LogP contribution in [0.5, 0.6) is 0 Å². The Morgan fingerprint density at radius 3 is 2.84 bits per heavy atom. The van der Waals surface area contributed by atoms with Gasteiger partial charge in [-0.3, -0.25) is 20.4 Å². The summed E-state index contributed by atoms with van der Waals surface area (Å²) in [5, 5.41) is 14.7. The number of thiazole rings is 1. The number of aryl methyl sites for hydroxylation is 2. The van der Waals surface area contributed by atoms with Gasteiger partial charge >= 0.3 is 0 Å². The number of rotatable bonds is 6. The number of hydrazine groups is 1. The second-order valence-corrected chi connectivity index (χ2v) is 8.85. The first-order chi connectivity index (χ1) is 15.5. The number of hydrogen-bond acceptors (Lipinski definition) is 10. The first kappa shape index (κ1) is 22.2. The van der Waals surface area contributed by atoms with Gasteiger partial charge in [0.2, 0.25) is 11.1 Å². The Labute approximate surface area is 192 Å². The molecule has 0 bridgehead atoms. The van der Waals surface area contributed by atoms with Gasteiger partial charge in [0.15, 0.2) is 5.13 Å². The lowest BCUT2D eigenvalue weighted by Gasteiger charge is -2.25. The number of carbonyl (C=O) groups is 2. The van der Waals surface area contributed by atoms with Crippen LogP contribution in [0.3, 0.4) is 0 Å². The lowest BCUT2D eigenvalue weighted by molar-refractivity contribution is -0.119. The number of benzene rings is 1. The number of morpholine rings is 1. The maximum Gasteiger partial charge on any atom is 0.289 e. The zero-order valence-electron chi connectivity index (χ0n) is 17.6. The molecule has 2 N–H and O–H groups in total. The van der Waals surface area contributed by atoms with Crippen molar-refractivity contribution in [2.75, 3.05) is 37.0 Å². The second kappa shape index (κ2) is 10.1. The minimum absolute atomic E-state index is 0.0294. The molecule has 0 spiro atoms. The average Bonchev–Trinajstić information content (AvgIpc) is 3.48. The fourth-order valence-electron chi connectivity index (χ4n) is 2.99. The number of thioether (sulfide) groups is 1. The molecule has 0 atom stereocenters. The number of nitrogens with zero attached hydrogens (tertiary/aromatic N) is 6. The SMILES string of the molecule is Cc1ccc(C)c(-n2nnnc2SCC(=O)NNC(=O)c2csc(N3CCOCC3)n2)c1. The number of nitrogens with one attached hydrogen (secondary N) is 2. The topological polar surface area (TPSA) is 127 Å². The van der Waals surface area contributed by atoms with E-state index in [1.165, 1.54) is 23.1 Å². The van der Waals surface area contributed by atoms with Crippen molar-refractivity contribution in [3.63, 3.8) is 0 Å². The summed E-state index contributed by atoms with van der Waals surface area (Å²) in [6, 6.07) is 5.99. The van der Waals surface area contributed by atoms with Gasteiger partial charge in [0.05, 0.1) is 24.7 Å². The number of carbonyl (C=O) groups excluding carboxylic acids is 2. The van der Waals surface area contributed by atoms with Crippen molar-refractivity contribution in [3.05, 3.63) is 40.4 Å². The van der Waals surface area contributed by atoms with E-state index < -0.39 is 5.91 Å². The van der Waals surface area contributed by atoms with Crippen LogP contribution in [0.15, 0.2) is 28.7 Å². The van der Waals surface area contributed by atoms with E-state index in [2.05, 4.69) is 36.3 Å². The van der Waals surface area contributed by atoms with E-state index in [-0.39, 0.29) is 17.4 Å². The van der Waals surface area contributed by atoms with Gasteiger partial charge in [-0.15, -0.1) is 16.4 Å². The third-order valence-corrected chi connectivity index (χ3v) is 6.51. The molecule has 3 aromatic rings. The Morgan fingerprint density at radius 2 is 2.03 bits per heavy atom. The van der Waals surface area contributed by atoms with E-state index in [0.717, 1.165) is 35.0 Å². The van der Waals surface area contributed by atoms with E-state index in [9.17, 15) is 9.59 Å². The van der Waals surface area contributed by atoms with E-state index >= 15 is 0 Å². The van der Waals surface area contributed by atoms with Crippen LogP contribution >= 0.6 is 23.1 Å². The molecular weight excluding hydrogens is 452 g/mol. The zero-order chi connectivity index (χ0) is 22.5. The standard InChI is InChI=1S/C19H22N8O3S2/c1-12-3-4-13(2)15(9-12)27-19(23-24-25-27)32-11-16(28)21-22-17(29)14-10-31-18(20-14)26-5-7-30-8-6-26/h3-4,9-10H,5-8,11H2,1-2H3,(H,21,28)(H,22,29). The summed E-state index contributed by atoms with van der Waals surface area (Å²) in [5.41, 5.74) is 8.00. The molecule has 2 aromatic heterocycles. The molecule has 0 radical (unpaired) electrons. The highest BCUT2D eigenvalue weighted by molar-refractivity contribution is 7.99. The number of anilines is 1. The largest absolute Gasteiger partial charge is 0.378 e. The molecule has 32 heavy (non-hydrogen) atoms. The third-order valence-electron chi connectivity index (χ3n) is 4.69. The van der Waals surface area contributed by atoms with Gasteiger partial charge in [-0.1, -0.05) is 23.9 Å². The molecule has 1 aliphatic heterocycles. The molecule has 1 aromatic carbocycles. The number of aromatic nitrogens is 5. The van der Waals surface area contributed by atoms with Crippen LogP contribution in [0, 0.1) is 13.8 Å². The summed E-state index contributed by atoms with van der Waals surface area (Å²) < 4.78 is 6.92. The van der Waals surface area contributed by atoms with Crippen LogP contribution in [0.25, 0.3) is 5.69 Å². The van der Waals surface area contributed by atoms with Gasteiger partial charge < -0.3 is 9.64 Å². The molecule has 1 saturated heterocycles. The van der Waals surface area contributed by atoms with Crippen molar-refractivity contribution in [1.29, 1.82) is 0 Å². The molecule has 11 nitrogen and oxygen atoms in total. The second-order valence-electron chi connectivity index (χ2n) is 7.07. The number of ether oxygens (including phenoxy) is 1. The predicted octanol–water partition coefficient (Wildman–Crippen LogP) is 1.13. The minimum Gasteiger partial charge on any atom is -0.378 e. The summed E-state index contributed by atoms with van der Waals surface area (Å²) in [7, 11) is 0. The van der Waals surface area contributed by atoms with Gasteiger partial charge in [-0.2, -0.15) is 4.68 Å². The predicted molar refractivity (Wildman–Crippen MR) is 120 cm³/mol. The Kier molecular flexibility index (Phi) is 6.97. The van der Waals surface area contributed by atoms with Crippen molar-refractivity contribution in [2.45, 2.75) is 19.0 Å². The zero-order valence-corrected chi connectivity index (χ0v) is 19.2. The smallest absolute Gasteiger partial charge is 0.289 e. The van der Waals surface area contributed by atoms with Crippen molar-refractivity contribution in [1.82, 2.24) is 36.0 Å². The van der Waals surface area contributed by atoms with Crippen LogP contribution in [-0.2, 0) is 9.53 Å². The molecule has 168 valence electrons. The maximum atomic E-state index is 12.3. The lowest BCUT2D eigenvalue weighted by atomic mass is 10.1. The first-order valence-corrected chi connectivity index (χ1v) is 11.7. The minimum atomic E-state index is -0.473. The maximum absolute atomic E-state index is 12.3. The van der Waals surface area contributed by atoms with Gasteiger partial charge in [-0.05, 0) is 41.5 Å². The lowest BCUT2D eigenvalue weighted by Crippen LogP contribution is -2.42. The number of hydrogen-bond donors (Lipinski definition) is 2. The van der Waals surface area contributed by atoms with Crippen molar-refractivity contribution in [3.8, 4) is 5.69 Å². The molecule has 1 aliphatic rings. The average molecular weight is 475 g/mol. The van der Waals surface area contributed by atoms with Gasteiger partial charge in [0, 0.05) is 18.5 Å². The molecule has 1 fully saturated rings. The Morgan fingerprint density at radius 1 is 1.22 bits per heavy atom. The Balaban J connectivity index is 1.29.